The number of hydrogen-bond donors (Lipinski definition) is 0. The van der Waals surface area contributed by atoms with Gasteiger partial charge < -0.3 is 4.74 Å². The molecule has 3 rings (SSSR count). The Labute approximate surface area is 106 Å². The third-order valence-electron chi connectivity index (χ3n) is 6.29. The summed E-state index contributed by atoms with van der Waals surface area (Å²) in [7, 11) is 0. The lowest BCUT2D eigenvalue weighted by molar-refractivity contribution is -0.0787. The van der Waals surface area contributed by atoms with Crippen molar-refractivity contribution in [1.29, 1.82) is 0 Å². The van der Waals surface area contributed by atoms with Crippen LogP contribution in [0.3, 0.4) is 0 Å². The number of ether oxygens (including phenoxy) is 1. The van der Waals surface area contributed by atoms with E-state index in [2.05, 4.69) is 33.8 Å². The third-order valence-corrected chi connectivity index (χ3v) is 6.29. The van der Waals surface area contributed by atoms with Crippen molar-refractivity contribution < 1.29 is 4.74 Å². The third kappa shape index (κ3) is 1.35. The molecule has 2 fully saturated rings. The van der Waals surface area contributed by atoms with Gasteiger partial charge in [-0.2, -0.15) is 0 Å². The summed E-state index contributed by atoms with van der Waals surface area (Å²) in [6, 6.07) is 0. The Morgan fingerprint density at radius 2 is 2.00 bits per heavy atom. The van der Waals surface area contributed by atoms with Crippen LogP contribution in [0.5, 0.6) is 0 Å². The average Bonchev–Trinajstić information content (AvgIpc) is 2.50. The normalized spacial score (nSPS) is 53.9. The Balaban J connectivity index is 2.08. The molecule has 3 aliphatic rings. The highest BCUT2D eigenvalue weighted by Crippen LogP contribution is 2.62. The van der Waals surface area contributed by atoms with Gasteiger partial charge in [0.1, 0.15) is 0 Å². The maximum atomic E-state index is 6.38. The summed E-state index contributed by atoms with van der Waals surface area (Å²) < 4.78 is 6.38. The Morgan fingerprint density at radius 3 is 2.76 bits per heavy atom. The predicted octanol–water partition coefficient (Wildman–Crippen LogP) is 4.33. The molecule has 0 aromatic rings. The molecular weight excluding hydrogens is 208 g/mol. The fraction of sp³-hybridized carbons (Fsp3) is 0.875. The summed E-state index contributed by atoms with van der Waals surface area (Å²) in [6.07, 6.45) is 9.66. The van der Waals surface area contributed by atoms with Gasteiger partial charge in [-0.25, -0.2) is 0 Å². The molecule has 2 aliphatic carbocycles. The highest BCUT2D eigenvalue weighted by Gasteiger charge is 2.61. The topological polar surface area (TPSA) is 9.23 Å². The molecule has 0 aromatic carbocycles. The molecule has 1 heterocycles. The van der Waals surface area contributed by atoms with E-state index in [4.69, 9.17) is 4.74 Å². The molecule has 0 spiro atoms. The van der Waals surface area contributed by atoms with Crippen LogP contribution in [0.4, 0.5) is 0 Å². The van der Waals surface area contributed by atoms with Crippen LogP contribution in [0.25, 0.3) is 0 Å². The van der Waals surface area contributed by atoms with E-state index in [1.807, 2.05) is 0 Å². The largest absolute Gasteiger partial charge is 0.371 e. The van der Waals surface area contributed by atoms with Gasteiger partial charge >= 0.3 is 0 Å². The van der Waals surface area contributed by atoms with Crippen molar-refractivity contribution in [2.45, 2.75) is 71.5 Å². The van der Waals surface area contributed by atoms with Crippen LogP contribution in [0.15, 0.2) is 11.6 Å². The second kappa shape index (κ2) is 3.60. The van der Waals surface area contributed by atoms with Gasteiger partial charge in [0.15, 0.2) is 0 Å². The summed E-state index contributed by atoms with van der Waals surface area (Å²) in [5.74, 6) is 1.51. The highest BCUT2D eigenvalue weighted by atomic mass is 16.5. The van der Waals surface area contributed by atoms with Crippen LogP contribution >= 0.6 is 0 Å². The first-order valence-electron chi connectivity index (χ1n) is 7.37. The van der Waals surface area contributed by atoms with Crippen molar-refractivity contribution in [2.24, 2.45) is 17.3 Å². The fourth-order valence-corrected chi connectivity index (χ4v) is 4.80. The second-order valence-corrected chi connectivity index (χ2v) is 6.87. The molecule has 1 aliphatic heterocycles. The molecule has 0 N–H and O–H groups in total. The zero-order valence-electron chi connectivity index (χ0n) is 11.8. The molecule has 0 bridgehead atoms. The maximum absolute atomic E-state index is 6.38. The van der Waals surface area contributed by atoms with Crippen molar-refractivity contribution in [3.63, 3.8) is 0 Å². The van der Waals surface area contributed by atoms with Crippen molar-refractivity contribution in [3.05, 3.63) is 11.6 Å². The van der Waals surface area contributed by atoms with Gasteiger partial charge in [-0.1, -0.05) is 25.5 Å². The molecule has 1 heteroatoms. The first-order valence-corrected chi connectivity index (χ1v) is 7.37. The van der Waals surface area contributed by atoms with Gasteiger partial charge in [-0.05, 0) is 57.8 Å². The molecule has 5 atom stereocenters. The van der Waals surface area contributed by atoms with Crippen molar-refractivity contribution in [1.82, 2.24) is 0 Å². The summed E-state index contributed by atoms with van der Waals surface area (Å²) in [5, 5.41) is 0. The number of fused-ring (bicyclic) bond motifs is 3. The Kier molecular flexibility index (Phi) is 2.49. The minimum Gasteiger partial charge on any atom is -0.371 e. The summed E-state index contributed by atoms with van der Waals surface area (Å²) >= 11 is 0. The van der Waals surface area contributed by atoms with Crippen LogP contribution in [0.1, 0.15) is 59.8 Å². The second-order valence-electron chi connectivity index (χ2n) is 6.87. The minimum absolute atomic E-state index is 0.0888. The summed E-state index contributed by atoms with van der Waals surface area (Å²) in [4.78, 5) is 0. The Bertz CT molecular complexity index is 359. The minimum atomic E-state index is 0.0888. The molecule has 0 amide bonds. The lowest BCUT2D eigenvalue weighted by atomic mass is 9.53. The van der Waals surface area contributed by atoms with Crippen LogP contribution in [0, 0.1) is 17.3 Å². The molecule has 0 radical (unpaired) electrons. The van der Waals surface area contributed by atoms with E-state index >= 15 is 0 Å². The maximum Gasteiger partial charge on any atom is 0.0752 e. The predicted molar refractivity (Wildman–Crippen MR) is 70.9 cm³/mol. The number of allylic oxidation sites excluding steroid dienone is 1. The van der Waals surface area contributed by atoms with Gasteiger partial charge in [-0.3, -0.25) is 0 Å². The molecule has 0 aromatic heterocycles. The summed E-state index contributed by atoms with van der Waals surface area (Å²) in [6.45, 7) is 9.49. The first-order chi connectivity index (χ1) is 7.99. The number of rotatable bonds is 0. The summed E-state index contributed by atoms with van der Waals surface area (Å²) in [5.41, 5.74) is 2.12. The first kappa shape index (κ1) is 11.8. The zero-order chi connectivity index (χ0) is 12.3. The highest BCUT2D eigenvalue weighted by molar-refractivity contribution is 5.30. The van der Waals surface area contributed by atoms with Gasteiger partial charge in [0.25, 0.3) is 0 Å². The van der Waals surface area contributed by atoms with Crippen molar-refractivity contribution >= 4 is 0 Å². The van der Waals surface area contributed by atoms with E-state index in [9.17, 15) is 0 Å². The quantitative estimate of drug-likeness (QED) is 0.567. The van der Waals surface area contributed by atoms with E-state index < -0.39 is 0 Å². The SMILES string of the molecule is CC1OC2(C)CCC3CCCC=C3C2(C)C1C. The number of hydrogen-bond acceptors (Lipinski definition) is 1. The molecule has 96 valence electrons. The lowest BCUT2D eigenvalue weighted by Crippen LogP contribution is -2.50. The average molecular weight is 234 g/mol. The van der Waals surface area contributed by atoms with Crippen LogP contribution < -0.4 is 0 Å². The van der Waals surface area contributed by atoms with E-state index in [-0.39, 0.29) is 11.0 Å². The molecule has 1 saturated heterocycles. The Morgan fingerprint density at radius 1 is 1.24 bits per heavy atom. The standard InChI is InChI=1S/C16H26O/c1-11-12(2)17-15(3)10-9-13-7-5-6-8-14(13)16(11,15)4/h8,11-13H,5-7,9-10H2,1-4H3. The van der Waals surface area contributed by atoms with Crippen molar-refractivity contribution in [3.8, 4) is 0 Å². The van der Waals surface area contributed by atoms with E-state index in [0.29, 0.717) is 12.0 Å². The molecule has 1 saturated carbocycles. The fourth-order valence-electron chi connectivity index (χ4n) is 4.80. The van der Waals surface area contributed by atoms with Gasteiger partial charge in [0.2, 0.25) is 0 Å². The molecule has 1 nitrogen and oxygen atoms in total. The van der Waals surface area contributed by atoms with E-state index in [1.165, 1.54) is 32.1 Å². The molecule has 17 heavy (non-hydrogen) atoms. The zero-order valence-corrected chi connectivity index (χ0v) is 11.8. The van der Waals surface area contributed by atoms with Gasteiger partial charge in [0, 0.05) is 5.41 Å². The van der Waals surface area contributed by atoms with Crippen molar-refractivity contribution in [2.75, 3.05) is 0 Å². The smallest absolute Gasteiger partial charge is 0.0752 e. The van der Waals surface area contributed by atoms with Crippen LogP contribution in [-0.4, -0.2) is 11.7 Å². The van der Waals surface area contributed by atoms with E-state index in [1.54, 1.807) is 5.57 Å². The van der Waals surface area contributed by atoms with Crippen LogP contribution in [-0.2, 0) is 4.74 Å². The van der Waals surface area contributed by atoms with Gasteiger partial charge in [-0.15, -0.1) is 0 Å². The van der Waals surface area contributed by atoms with Crippen LogP contribution in [0.2, 0.25) is 0 Å². The van der Waals surface area contributed by atoms with Gasteiger partial charge in [0.05, 0.1) is 11.7 Å². The monoisotopic (exact) mass is 234 g/mol. The molecule has 5 unspecified atom stereocenters. The molecular formula is C16H26O. The Hall–Kier alpha value is -0.300. The lowest BCUT2D eigenvalue weighted by Gasteiger charge is -2.52. The van der Waals surface area contributed by atoms with E-state index in [0.717, 1.165) is 5.92 Å².